The van der Waals surface area contributed by atoms with Crippen LogP contribution in [0.4, 0.5) is 0 Å². The normalized spacial score (nSPS) is 11.6. The van der Waals surface area contributed by atoms with Gasteiger partial charge in [0.15, 0.2) is 12.4 Å². The molecule has 2 rings (SSSR count). The van der Waals surface area contributed by atoms with Gasteiger partial charge in [-0.05, 0) is 43.7 Å². The number of rotatable bonds is 6. The van der Waals surface area contributed by atoms with Gasteiger partial charge in [0, 0.05) is 10.0 Å². The van der Waals surface area contributed by atoms with Gasteiger partial charge in [-0.25, -0.2) is 0 Å². The lowest BCUT2D eigenvalue weighted by Crippen LogP contribution is -2.31. The van der Waals surface area contributed by atoms with Crippen molar-refractivity contribution in [1.29, 1.82) is 0 Å². The number of hydrogen-bond acceptors (Lipinski definition) is 3. The average Bonchev–Trinajstić information content (AvgIpc) is 2.53. The summed E-state index contributed by atoms with van der Waals surface area (Å²) >= 11 is 3.38. The molecule has 4 nitrogen and oxygen atoms in total. The van der Waals surface area contributed by atoms with E-state index in [0.717, 1.165) is 10.0 Å². The molecular weight excluding hydrogens is 358 g/mol. The summed E-state index contributed by atoms with van der Waals surface area (Å²) < 4.78 is 6.44. The Labute approximate surface area is 144 Å². The van der Waals surface area contributed by atoms with Crippen molar-refractivity contribution in [3.8, 4) is 5.75 Å². The molecule has 0 saturated carbocycles. The Morgan fingerprint density at radius 3 is 2.52 bits per heavy atom. The Morgan fingerprint density at radius 1 is 1.17 bits per heavy atom. The molecule has 0 fully saturated rings. The minimum absolute atomic E-state index is 0.0382. The molecule has 0 aliphatic carbocycles. The number of nitrogens with one attached hydrogen (secondary N) is 1. The van der Waals surface area contributed by atoms with Crippen LogP contribution in [0.2, 0.25) is 0 Å². The molecule has 2 aromatic carbocycles. The van der Waals surface area contributed by atoms with Gasteiger partial charge in [-0.3, -0.25) is 9.59 Å². The third-order valence-electron chi connectivity index (χ3n) is 3.36. The van der Waals surface area contributed by atoms with E-state index in [1.165, 1.54) is 6.92 Å². The van der Waals surface area contributed by atoms with E-state index >= 15 is 0 Å². The van der Waals surface area contributed by atoms with Crippen LogP contribution in [-0.2, 0) is 4.79 Å². The molecule has 0 aliphatic rings. The Hall–Kier alpha value is -2.14. The topological polar surface area (TPSA) is 55.4 Å². The second-order valence-electron chi connectivity index (χ2n) is 5.21. The van der Waals surface area contributed by atoms with E-state index in [0.29, 0.717) is 11.3 Å². The maximum Gasteiger partial charge on any atom is 0.258 e. The van der Waals surface area contributed by atoms with Crippen LogP contribution in [0.3, 0.4) is 0 Å². The minimum Gasteiger partial charge on any atom is -0.484 e. The zero-order valence-corrected chi connectivity index (χ0v) is 14.6. The van der Waals surface area contributed by atoms with Crippen LogP contribution in [0.1, 0.15) is 35.8 Å². The van der Waals surface area contributed by atoms with Gasteiger partial charge in [0.2, 0.25) is 0 Å². The van der Waals surface area contributed by atoms with Gasteiger partial charge in [0.05, 0.1) is 6.04 Å². The third-order valence-corrected chi connectivity index (χ3v) is 3.89. The highest BCUT2D eigenvalue weighted by molar-refractivity contribution is 9.10. The number of ketones is 1. The molecule has 0 heterocycles. The zero-order valence-electron chi connectivity index (χ0n) is 13.0. The molecule has 23 heavy (non-hydrogen) atoms. The summed E-state index contributed by atoms with van der Waals surface area (Å²) in [6.45, 7) is 3.31. The van der Waals surface area contributed by atoms with Crippen molar-refractivity contribution < 1.29 is 14.3 Å². The molecule has 0 aromatic heterocycles. The number of Topliss-reactive ketones (excluding diaryl/α,β-unsaturated/α-hetero) is 1. The highest BCUT2D eigenvalue weighted by atomic mass is 79.9. The first-order chi connectivity index (χ1) is 11.0. The SMILES string of the molecule is CC(=O)c1cccc(OCC(=O)N[C@H](C)c2ccc(Br)cc2)c1. The van der Waals surface area contributed by atoms with E-state index in [1.807, 2.05) is 31.2 Å². The lowest BCUT2D eigenvalue weighted by molar-refractivity contribution is -0.123. The number of carbonyl (C=O) groups excluding carboxylic acids is 2. The lowest BCUT2D eigenvalue weighted by Gasteiger charge is -2.15. The first kappa shape index (κ1) is 17.2. The summed E-state index contributed by atoms with van der Waals surface area (Å²) in [4.78, 5) is 23.3. The van der Waals surface area contributed by atoms with Crippen molar-refractivity contribution in [1.82, 2.24) is 5.32 Å². The standard InChI is InChI=1S/C18H18BrNO3/c1-12(14-6-8-16(19)9-7-14)20-18(22)11-23-17-5-3-4-15(10-17)13(2)21/h3-10,12H,11H2,1-2H3,(H,20,22)/t12-/m1/s1. The smallest absolute Gasteiger partial charge is 0.258 e. The molecule has 1 amide bonds. The second-order valence-corrected chi connectivity index (χ2v) is 6.13. The zero-order chi connectivity index (χ0) is 16.8. The van der Waals surface area contributed by atoms with Gasteiger partial charge in [-0.1, -0.05) is 40.2 Å². The number of hydrogen-bond donors (Lipinski definition) is 1. The Kier molecular flexibility index (Phi) is 5.93. The van der Waals surface area contributed by atoms with E-state index in [4.69, 9.17) is 4.74 Å². The summed E-state index contributed by atoms with van der Waals surface area (Å²) in [5.41, 5.74) is 1.58. The maximum absolute atomic E-state index is 12.0. The van der Waals surface area contributed by atoms with E-state index in [2.05, 4.69) is 21.2 Å². The Morgan fingerprint density at radius 2 is 1.87 bits per heavy atom. The van der Waals surface area contributed by atoms with Crippen LogP contribution in [0.15, 0.2) is 53.0 Å². The number of carbonyl (C=O) groups is 2. The molecule has 0 aliphatic heterocycles. The predicted octanol–water partition coefficient (Wildman–Crippen LogP) is 3.91. The van der Waals surface area contributed by atoms with E-state index in [1.54, 1.807) is 24.3 Å². The van der Waals surface area contributed by atoms with Gasteiger partial charge in [-0.15, -0.1) is 0 Å². The van der Waals surface area contributed by atoms with Crippen molar-refractivity contribution in [3.63, 3.8) is 0 Å². The number of ether oxygens (including phenoxy) is 1. The summed E-state index contributed by atoms with van der Waals surface area (Å²) in [5.74, 6) is 0.251. The number of halogens is 1. The number of amides is 1. The molecular formula is C18H18BrNO3. The van der Waals surface area contributed by atoms with Crippen molar-refractivity contribution in [2.45, 2.75) is 19.9 Å². The van der Waals surface area contributed by atoms with Crippen LogP contribution in [-0.4, -0.2) is 18.3 Å². The average molecular weight is 376 g/mol. The molecule has 1 atom stereocenters. The van der Waals surface area contributed by atoms with Crippen LogP contribution < -0.4 is 10.1 Å². The monoisotopic (exact) mass is 375 g/mol. The highest BCUT2D eigenvalue weighted by Crippen LogP contribution is 2.17. The van der Waals surface area contributed by atoms with Crippen molar-refractivity contribution in [2.24, 2.45) is 0 Å². The Bertz CT molecular complexity index is 698. The minimum atomic E-state index is -0.214. The molecule has 120 valence electrons. The molecule has 0 unspecified atom stereocenters. The van der Waals surface area contributed by atoms with Crippen molar-refractivity contribution >= 4 is 27.6 Å². The molecule has 5 heteroatoms. The van der Waals surface area contributed by atoms with Crippen LogP contribution in [0.5, 0.6) is 5.75 Å². The summed E-state index contributed by atoms with van der Waals surface area (Å²) in [6, 6.07) is 14.5. The maximum atomic E-state index is 12.0. The van der Waals surface area contributed by atoms with Crippen LogP contribution in [0, 0.1) is 0 Å². The quantitative estimate of drug-likeness (QED) is 0.778. The highest BCUT2D eigenvalue weighted by Gasteiger charge is 2.10. The summed E-state index contributed by atoms with van der Waals surface area (Å²) in [7, 11) is 0. The fourth-order valence-electron chi connectivity index (χ4n) is 2.07. The van der Waals surface area contributed by atoms with Crippen molar-refractivity contribution in [2.75, 3.05) is 6.61 Å². The molecule has 0 radical (unpaired) electrons. The fraction of sp³-hybridized carbons (Fsp3) is 0.222. The molecule has 0 spiro atoms. The molecule has 2 aromatic rings. The largest absolute Gasteiger partial charge is 0.484 e. The van der Waals surface area contributed by atoms with Crippen LogP contribution in [0.25, 0.3) is 0 Å². The first-order valence-electron chi connectivity index (χ1n) is 7.24. The van der Waals surface area contributed by atoms with E-state index in [9.17, 15) is 9.59 Å². The van der Waals surface area contributed by atoms with E-state index < -0.39 is 0 Å². The summed E-state index contributed by atoms with van der Waals surface area (Å²) in [6.07, 6.45) is 0. The number of benzene rings is 2. The fourth-order valence-corrected chi connectivity index (χ4v) is 2.34. The molecule has 1 N–H and O–H groups in total. The summed E-state index contributed by atoms with van der Waals surface area (Å²) in [5, 5.41) is 2.88. The molecule has 0 bridgehead atoms. The van der Waals surface area contributed by atoms with E-state index in [-0.39, 0.29) is 24.3 Å². The van der Waals surface area contributed by atoms with Crippen LogP contribution >= 0.6 is 15.9 Å². The first-order valence-corrected chi connectivity index (χ1v) is 8.03. The second kappa shape index (κ2) is 7.92. The van der Waals surface area contributed by atoms with Gasteiger partial charge < -0.3 is 10.1 Å². The van der Waals surface area contributed by atoms with Gasteiger partial charge in [0.1, 0.15) is 5.75 Å². The van der Waals surface area contributed by atoms with Crippen molar-refractivity contribution in [3.05, 3.63) is 64.1 Å². The van der Waals surface area contributed by atoms with Gasteiger partial charge in [0.25, 0.3) is 5.91 Å². The lowest BCUT2D eigenvalue weighted by atomic mass is 10.1. The van der Waals surface area contributed by atoms with Gasteiger partial charge in [-0.2, -0.15) is 0 Å². The Balaban J connectivity index is 1.88. The third kappa shape index (κ3) is 5.21. The van der Waals surface area contributed by atoms with Gasteiger partial charge >= 0.3 is 0 Å². The predicted molar refractivity (Wildman–Crippen MR) is 92.6 cm³/mol. The molecule has 0 saturated heterocycles.